The van der Waals surface area contributed by atoms with Crippen molar-refractivity contribution in [2.45, 2.75) is 45.3 Å². The zero-order valence-electron chi connectivity index (χ0n) is 9.64. The highest BCUT2D eigenvalue weighted by Crippen LogP contribution is 2.12. The Hall–Kier alpha value is -0.573. The van der Waals surface area contributed by atoms with Crippen LogP contribution in [0, 0.1) is 0 Å². The summed E-state index contributed by atoms with van der Waals surface area (Å²) in [6.07, 6.45) is 2.38. The van der Waals surface area contributed by atoms with Gasteiger partial charge in [0.25, 0.3) is 0 Å². The topological polar surface area (TPSA) is 26.3 Å². The highest BCUT2D eigenvalue weighted by atomic mass is 28.3. The van der Waals surface area contributed by atoms with Gasteiger partial charge >= 0.3 is 5.97 Å². The van der Waals surface area contributed by atoms with Gasteiger partial charge in [-0.25, -0.2) is 0 Å². The summed E-state index contributed by atoms with van der Waals surface area (Å²) in [4.78, 5) is 11.0. The maximum Gasteiger partial charge on any atom is 0.305 e. The van der Waals surface area contributed by atoms with Gasteiger partial charge in [-0.3, -0.25) is 4.79 Å². The van der Waals surface area contributed by atoms with Crippen LogP contribution in [0.4, 0.5) is 0 Å². The van der Waals surface area contributed by atoms with Crippen LogP contribution < -0.4 is 0 Å². The van der Waals surface area contributed by atoms with Gasteiger partial charge in [0.05, 0.1) is 14.7 Å². The molecule has 0 aromatic rings. The molecule has 0 aliphatic carbocycles. The minimum atomic E-state index is -1.20. The minimum absolute atomic E-state index is 0.0643. The molecule has 0 aromatic carbocycles. The molecule has 0 aliphatic heterocycles. The first-order chi connectivity index (χ1) is 6.52. The lowest BCUT2D eigenvalue weighted by atomic mass is 10.3. The number of esters is 1. The first-order valence-corrected chi connectivity index (χ1v) is 8.59. The van der Waals surface area contributed by atoms with E-state index in [-0.39, 0.29) is 5.97 Å². The van der Waals surface area contributed by atoms with Crippen molar-refractivity contribution < 1.29 is 9.53 Å². The molecule has 0 spiro atoms. The lowest BCUT2D eigenvalue weighted by Crippen LogP contribution is -2.22. The van der Waals surface area contributed by atoms with Gasteiger partial charge in [-0.15, -0.1) is 12.3 Å². The molecule has 0 N–H and O–H groups in total. The summed E-state index contributed by atoms with van der Waals surface area (Å²) in [6.45, 7) is 10.9. The van der Waals surface area contributed by atoms with E-state index in [1.807, 2.05) is 6.92 Å². The second kappa shape index (κ2) is 6.82. The van der Waals surface area contributed by atoms with E-state index in [0.29, 0.717) is 13.0 Å². The fraction of sp³-hybridized carbons (Fsp3) is 0.727. The summed E-state index contributed by atoms with van der Waals surface area (Å²) < 4.78 is 5.07. The molecule has 2 nitrogen and oxygen atoms in total. The molecule has 0 radical (unpaired) electrons. The number of ether oxygens (including phenoxy) is 1. The van der Waals surface area contributed by atoms with Crippen molar-refractivity contribution in [3.8, 4) is 0 Å². The molecule has 0 bridgehead atoms. The molecule has 0 fully saturated rings. The van der Waals surface area contributed by atoms with Gasteiger partial charge in [-0.1, -0.05) is 26.1 Å². The van der Waals surface area contributed by atoms with Crippen LogP contribution >= 0.6 is 0 Å². The van der Waals surface area contributed by atoms with Crippen molar-refractivity contribution in [3.05, 3.63) is 12.3 Å². The zero-order chi connectivity index (χ0) is 11.0. The Labute approximate surface area is 88.4 Å². The van der Waals surface area contributed by atoms with E-state index in [4.69, 9.17) is 4.74 Å². The van der Waals surface area contributed by atoms with Gasteiger partial charge in [-0.2, -0.15) is 0 Å². The van der Waals surface area contributed by atoms with E-state index in [0.717, 1.165) is 18.9 Å². The lowest BCUT2D eigenvalue weighted by molar-refractivity contribution is -0.143. The molecule has 0 saturated heterocycles. The summed E-state index contributed by atoms with van der Waals surface area (Å²) in [5.74, 6) is -0.0643. The molecule has 0 aliphatic rings. The first-order valence-electron chi connectivity index (χ1n) is 5.31. The molecule has 0 saturated carbocycles. The van der Waals surface area contributed by atoms with Crippen molar-refractivity contribution in [1.29, 1.82) is 0 Å². The van der Waals surface area contributed by atoms with Gasteiger partial charge in [0.1, 0.15) is 0 Å². The average Bonchev–Trinajstić information content (AvgIpc) is 2.13. The van der Waals surface area contributed by atoms with Gasteiger partial charge < -0.3 is 4.74 Å². The molecule has 3 heteroatoms. The Bertz CT molecular complexity index is 188. The quantitative estimate of drug-likeness (QED) is 0.370. The Balaban J connectivity index is 3.47. The fourth-order valence-electron chi connectivity index (χ4n) is 1.09. The maximum absolute atomic E-state index is 11.0. The van der Waals surface area contributed by atoms with Crippen LogP contribution in [0.25, 0.3) is 0 Å². The first kappa shape index (κ1) is 13.4. The summed E-state index contributed by atoms with van der Waals surface area (Å²) in [5, 5.41) is 0. The fourth-order valence-corrected chi connectivity index (χ4v) is 2.35. The third kappa shape index (κ3) is 6.89. The standard InChI is InChI=1S/C11H22O2Si/c1-5-8-11(12)13-9-7-10-14(3,4)6-2/h6H,2,5,7-10H2,1,3-4H3. The molecular weight excluding hydrogens is 192 g/mol. The summed E-state index contributed by atoms with van der Waals surface area (Å²) in [6, 6.07) is 1.15. The summed E-state index contributed by atoms with van der Waals surface area (Å²) in [7, 11) is -1.20. The second-order valence-corrected chi connectivity index (χ2v) is 9.15. The summed E-state index contributed by atoms with van der Waals surface area (Å²) in [5.41, 5.74) is 2.08. The molecule has 0 aromatic heterocycles. The van der Waals surface area contributed by atoms with Crippen LogP contribution in [0.5, 0.6) is 0 Å². The van der Waals surface area contributed by atoms with Gasteiger partial charge in [0.2, 0.25) is 0 Å². The normalized spacial score (nSPS) is 11.1. The Kier molecular flexibility index (Phi) is 6.54. The Morgan fingerprint density at radius 3 is 2.64 bits per heavy atom. The van der Waals surface area contributed by atoms with Crippen LogP contribution in [0.3, 0.4) is 0 Å². The lowest BCUT2D eigenvalue weighted by Gasteiger charge is -2.16. The average molecular weight is 214 g/mol. The number of hydrogen-bond acceptors (Lipinski definition) is 2. The Morgan fingerprint density at radius 2 is 2.14 bits per heavy atom. The van der Waals surface area contributed by atoms with Crippen LogP contribution in [0.2, 0.25) is 19.1 Å². The van der Waals surface area contributed by atoms with Crippen LogP contribution in [0.1, 0.15) is 26.2 Å². The van der Waals surface area contributed by atoms with Crippen LogP contribution in [-0.2, 0) is 9.53 Å². The molecule has 0 unspecified atom stereocenters. The minimum Gasteiger partial charge on any atom is -0.466 e. The van der Waals surface area contributed by atoms with Crippen LogP contribution in [-0.4, -0.2) is 20.7 Å². The predicted octanol–water partition coefficient (Wildman–Crippen LogP) is 3.15. The molecule has 0 rings (SSSR count). The second-order valence-electron chi connectivity index (χ2n) is 4.27. The summed E-state index contributed by atoms with van der Waals surface area (Å²) >= 11 is 0. The highest BCUT2D eigenvalue weighted by Gasteiger charge is 2.15. The SMILES string of the molecule is C=C[Si](C)(C)CCCOC(=O)CCC. The predicted molar refractivity (Wildman–Crippen MR) is 63.0 cm³/mol. The van der Waals surface area contributed by atoms with Crippen molar-refractivity contribution in [2.75, 3.05) is 6.61 Å². The molecule has 14 heavy (non-hydrogen) atoms. The van der Waals surface area contributed by atoms with Crippen molar-refractivity contribution in [1.82, 2.24) is 0 Å². The molecule has 0 heterocycles. The van der Waals surface area contributed by atoms with Crippen LogP contribution in [0.15, 0.2) is 12.3 Å². The molecule has 82 valence electrons. The zero-order valence-corrected chi connectivity index (χ0v) is 10.6. The van der Waals surface area contributed by atoms with Gasteiger partial charge in [0, 0.05) is 6.42 Å². The number of carbonyl (C=O) groups is 1. The third-order valence-electron chi connectivity index (χ3n) is 2.24. The van der Waals surface area contributed by atoms with E-state index in [1.54, 1.807) is 0 Å². The molecule has 0 amide bonds. The monoisotopic (exact) mass is 214 g/mol. The maximum atomic E-state index is 11.0. The largest absolute Gasteiger partial charge is 0.466 e. The molecular formula is C11H22O2Si. The highest BCUT2D eigenvalue weighted by molar-refractivity contribution is 6.82. The number of carbonyl (C=O) groups excluding carboxylic acids is 1. The van der Waals surface area contributed by atoms with Gasteiger partial charge in [0.15, 0.2) is 0 Å². The molecule has 0 atom stereocenters. The van der Waals surface area contributed by atoms with Crippen molar-refractivity contribution >= 4 is 14.0 Å². The van der Waals surface area contributed by atoms with E-state index in [2.05, 4.69) is 25.4 Å². The number of rotatable bonds is 7. The smallest absolute Gasteiger partial charge is 0.305 e. The van der Waals surface area contributed by atoms with E-state index in [1.165, 1.54) is 0 Å². The third-order valence-corrected chi connectivity index (χ3v) is 4.98. The van der Waals surface area contributed by atoms with E-state index in [9.17, 15) is 4.79 Å². The van der Waals surface area contributed by atoms with Crippen molar-refractivity contribution in [3.63, 3.8) is 0 Å². The Morgan fingerprint density at radius 1 is 1.50 bits per heavy atom. The van der Waals surface area contributed by atoms with Gasteiger partial charge in [-0.05, 0) is 12.8 Å². The van der Waals surface area contributed by atoms with Crippen molar-refractivity contribution in [2.24, 2.45) is 0 Å². The number of hydrogen-bond donors (Lipinski definition) is 0. The van der Waals surface area contributed by atoms with E-state index >= 15 is 0 Å². The van der Waals surface area contributed by atoms with E-state index < -0.39 is 8.07 Å².